The van der Waals surface area contributed by atoms with Crippen LogP contribution in [0.4, 0.5) is 0 Å². The molecule has 0 saturated carbocycles. The Morgan fingerprint density at radius 1 is 0.889 bits per heavy atom. The van der Waals surface area contributed by atoms with Gasteiger partial charge in [0.1, 0.15) is 6.04 Å². The molecular weight excluding hydrogens is 584 g/mol. The van der Waals surface area contributed by atoms with Gasteiger partial charge in [-0.3, -0.25) is 9.59 Å². The Balaban J connectivity index is 2.39. The second kappa shape index (κ2) is 18.9. The fourth-order valence-electron chi connectivity index (χ4n) is 5.20. The minimum atomic E-state index is -3.07. The maximum absolute atomic E-state index is 13.5. The number of nitrogens with one attached hydrogen (secondary N) is 2. The number of hydrogen-bond acceptors (Lipinski definition) is 6. The van der Waals surface area contributed by atoms with E-state index in [4.69, 9.17) is 4.43 Å². The minimum Gasteiger partial charge on any atom is -0.467 e. The van der Waals surface area contributed by atoms with Crippen molar-refractivity contribution in [2.45, 2.75) is 90.3 Å². The second-order valence-electron chi connectivity index (χ2n) is 12.1. The Morgan fingerprint density at radius 3 is 1.98 bits per heavy atom. The maximum Gasteiger partial charge on any atom is 0.335 e. The van der Waals surface area contributed by atoms with E-state index in [0.717, 1.165) is 30.3 Å². The monoisotopic (exact) mass is 634 g/mol. The number of amides is 2. The number of ether oxygens (including phenoxy) is 1. The van der Waals surface area contributed by atoms with E-state index in [0.29, 0.717) is 11.9 Å². The third-order valence-electron chi connectivity index (χ3n) is 7.71. The first-order valence-corrected chi connectivity index (χ1v) is 17.6. The minimum absolute atomic E-state index is 0.196. The average molecular weight is 635 g/mol. The van der Waals surface area contributed by atoms with Gasteiger partial charge >= 0.3 is 5.97 Å². The van der Waals surface area contributed by atoms with Gasteiger partial charge in [0.25, 0.3) is 8.32 Å². The van der Waals surface area contributed by atoms with E-state index in [2.05, 4.69) is 43.1 Å². The summed E-state index contributed by atoms with van der Waals surface area (Å²) in [6.07, 6.45) is 12.7. The van der Waals surface area contributed by atoms with E-state index in [1.54, 1.807) is 13.0 Å². The number of allylic oxidation sites excluding steroid dienone is 3. The molecule has 2 aromatic rings. The van der Waals surface area contributed by atoms with Gasteiger partial charge in [0.2, 0.25) is 11.8 Å². The number of carbonyl (C=O) groups excluding carboxylic acids is 4. The molecule has 9 heteroatoms. The van der Waals surface area contributed by atoms with Crippen molar-refractivity contribution in [3.8, 4) is 0 Å². The quantitative estimate of drug-likeness (QED) is 0.0465. The Hall–Kier alpha value is -3.82. The highest BCUT2D eigenvalue weighted by atomic mass is 28.4. The van der Waals surface area contributed by atoms with Crippen molar-refractivity contribution in [1.29, 1.82) is 0 Å². The Labute approximate surface area is 269 Å². The molecule has 0 bridgehead atoms. The van der Waals surface area contributed by atoms with Crippen LogP contribution >= 0.6 is 0 Å². The van der Waals surface area contributed by atoms with Crippen molar-refractivity contribution >= 4 is 42.8 Å². The SMILES string of the molecule is CCCCCCC/C=C/C=C(\C)C(=O)NC(CO[Si](c1ccccc1)(c1ccccc1)C(C)(C)C)C(=O)NC(C=O)C(=O)OC. The summed E-state index contributed by atoms with van der Waals surface area (Å²) in [5, 5.41) is 6.81. The molecule has 0 radical (unpaired) electrons. The van der Waals surface area contributed by atoms with E-state index in [1.807, 2.05) is 72.8 Å². The molecule has 0 spiro atoms. The average Bonchev–Trinajstić information content (AvgIpc) is 3.04. The van der Waals surface area contributed by atoms with Crippen LogP contribution in [0.3, 0.4) is 0 Å². The zero-order chi connectivity index (χ0) is 33.3. The molecule has 0 fully saturated rings. The van der Waals surface area contributed by atoms with Crippen molar-refractivity contribution < 1.29 is 28.3 Å². The number of benzene rings is 2. The molecule has 2 aromatic carbocycles. The highest BCUT2D eigenvalue weighted by Gasteiger charge is 2.50. The first-order chi connectivity index (χ1) is 21.5. The third-order valence-corrected chi connectivity index (χ3v) is 12.7. The normalized spacial score (nSPS) is 13.6. The van der Waals surface area contributed by atoms with Gasteiger partial charge in [0, 0.05) is 5.57 Å². The summed E-state index contributed by atoms with van der Waals surface area (Å²) in [6, 6.07) is 17.1. The van der Waals surface area contributed by atoms with Crippen LogP contribution in [0.5, 0.6) is 0 Å². The van der Waals surface area contributed by atoms with Crippen LogP contribution in [0.15, 0.2) is 84.5 Å². The molecule has 0 heterocycles. The maximum atomic E-state index is 13.5. The van der Waals surface area contributed by atoms with Crippen molar-refractivity contribution in [2.24, 2.45) is 0 Å². The molecule has 45 heavy (non-hydrogen) atoms. The molecule has 0 aliphatic rings. The van der Waals surface area contributed by atoms with E-state index < -0.39 is 38.2 Å². The summed E-state index contributed by atoms with van der Waals surface area (Å²) in [6.45, 7) is 9.98. The number of hydrogen-bond donors (Lipinski definition) is 2. The van der Waals surface area contributed by atoms with Crippen LogP contribution in [-0.4, -0.2) is 58.2 Å². The molecule has 2 rings (SSSR count). The molecule has 2 amide bonds. The van der Waals surface area contributed by atoms with Gasteiger partial charge in [-0.25, -0.2) is 4.79 Å². The number of rotatable bonds is 18. The largest absolute Gasteiger partial charge is 0.467 e. The Kier molecular flexibility index (Phi) is 15.7. The lowest BCUT2D eigenvalue weighted by atomic mass is 10.1. The molecule has 0 aromatic heterocycles. The van der Waals surface area contributed by atoms with Gasteiger partial charge in [-0.05, 0) is 35.2 Å². The number of esters is 1. The summed E-state index contributed by atoms with van der Waals surface area (Å²) >= 11 is 0. The van der Waals surface area contributed by atoms with Crippen LogP contribution in [-0.2, 0) is 28.3 Å². The number of methoxy groups -OCH3 is 1. The van der Waals surface area contributed by atoms with Gasteiger partial charge in [-0.15, -0.1) is 0 Å². The molecule has 2 N–H and O–H groups in total. The Morgan fingerprint density at radius 2 is 1.47 bits per heavy atom. The summed E-state index contributed by atoms with van der Waals surface area (Å²) in [5.74, 6) is -2.11. The van der Waals surface area contributed by atoms with Gasteiger partial charge in [-0.1, -0.05) is 132 Å². The first-order valence-electron chi connectivity index (χ1n) is 15.7. The molecule has 0 saturated heterocycles. The zero-order valence-electron chi connectivity index (χ0n) is 27.6. The highest BCUT2D eigenvalue weighted by molar-refractivity contribution is 6.99. The van der Waals surface area contributed by atoms with Gasteiger partial charge in [0.15, 0.2) is 12.3 Å². The molecule has 2 unspecified atom stereocenters. The van der Waals surface area contributed by atoms with E-state index in [9.17, 15) is 19.2 Å². The van der Waals surface area contributed by atoms with Crippen LogP contribution in [0, 0.1) is 0 Å². The van der Waals surface area contributed by atoms with Gasteiger partial charge in [0.05, 0.1) is 13.7 Å². The lowest BCUT2D eigenvalue weighted by Crippen LogP contribution is -2.68. The molecule has 0 aliphatic heterocycles. The lowest BCUT2D eigenvalue weighted by molar-refractivity contribution is -0.146. The number of carbonyl (C=O) groups is 4. The topological polar surface area (TPSA) is 111 Å². The van der Waals surface area contributed by atoms with Crippen molar-refractivity contribution in [2.75, 3.05) is 13.7 Å². The molecule has 8 nitrogen and oxygen atoms in total. The predicted octanol–water partition coefficient (Wildman–Crippen LogP) is 4.77. The van der Waals surface area contributed by atoms with Gasteiger partial charge in [-0.2, -0.15) is 0 Å². The summed E-state index contributed by atoms with van der Waals surface area (Å²) in [4.78, 5) is 50.6. The highest BCUT2D eigenvalue weighted by Crippen LogP contribution is 2.36. The predicted molar refractivity (Wildman–Crippen MR) is 182 cm³/mol. The van der Waals surface area contributed by atoms with Crippen LogP contribution in [0.2, 0.25) is 5.04 Å². The van der Waals surface area contributed by atoms with Crippen LogP contribution in [0.1, 0.15) is 73.1 Å². The second-order valence-corrected chi connectivity index (χ2v) is 16.4. The van der Waals surface area contributed by atoms with E-state index in [1.165, 1.54) is 25.7 Å². The molecule has 0 aliphatic carbocycles. The van der Waals surface area contributed by atoms with Crippen molar-refractivity contribution in [3.63, 3.8) is 0 Å². The number of unbranched alkanes of at least 4 members (excludes halogenated alkanes) is 5. The third kappa shape index (κ3) is 10.9. The molecule has 244 valence electrons. The van der Waals surface area contributed by atoms with E-state index in [-0.39, 0.29) is 11.6 Å². The summed E-state index contributed by atoms with van der Waals surface area (Å²) < 4.78 is 11.6. The smallest absolute Gasteiger partial charge is 0.335 e. The lowest BCUT2D eigenvalue weighted by Gasteiger charge is -2.43. The molecular formula is C36H50N2O6Si. The van der Waals surface area contributed by atoms with Crippen LogP contribution < -0.4 is 21.0 Å². The first kappa shape index (κ1) is 37.4. The van der Waals surface area contributed by atoms with Crippen molar-refractivity contribution in [3.05, 3.63) is 84.5 Å². The fraction of sp³-hybridized carbons (Fsp3) is 0.444. The summed E-state index contributed by atoms with van der Waals surface area (Å²) in [7, 11) is -1.95. The standard InChI is InChI=1S/C36H50N2O6Si/c1-7-8-9-10-11-12-13-16-21-28(2)33(40)38-32(34(41)37-31(26-39)35(42)43-6)27-44-45(36(3,4)5,29-22-17-14-18-23-29)30-24-19-15-20-25-30/h13-26,31-32H,7-12,27H2,1-6H3,(H,37,41)(H,38,40)/b16-13+,28-21+. The molecule has 2 atom stereocenters. The summed E-state index contributed by atoms with van der Waals surface area (Å²) in [5.41, 5.74) is 0.403. The number of aldehydes is 1. The van der Waals surface area contributed by atoms with Crippen LogP contribution in [0.25, 0.3) is 0 Å². The van der Waals surface area contributed by atoms with E-state index >= 15 is 0 Å². The fourth-order valence-corrected chi connectivity index (χ4v) is 9.78. The van der Waals surface area contributed by atoms with Crippen molar-refractivity contribution in [1.82, 2.24) is 10.6 Å². The van der Waals surface area contributed by atoms with Gasteiger partial charge < -0.3 is 24.6 Å². The zero-order valence-corrected chi connectivity index (χ0v) is 28.6. The Bertz CT molecular complexity index is 1250.